The molecule has 152 valence electrons. The fourth-order valence-corrected chi connectivity index (χ4v) is 2.17. The molecule has 2 radical (unpaired) electrons. The summed E-state index contributed by atoms with van der Waals surface area (Å²) in [6.07, 6.45) is 7.04. The molecule has 2 heterocycles. The van der Waals surface area contributed by atoms with Crippen LogP contribution < -0.4 is 4.74 Å². The summed E-state index contributed by atoms with van der Waals surface area (Å²) >= 11 is 8.79. The summed E-state index contributed by atoms with van der Waals surface area (Å²) in [4.78, 5) is 10.1. The molecule has 0 saturated heterocycles. The quantitative estimate of drug-likeness (QED) is 0.285. The topological polar surface area (TPSA) is 38.2 Å². The first-order chi connectivity index (χ1) is 11.9. The Morgan fingerprint density at radius 2 is 1.48 bits per heavy atom. The van der Waals surface area contributed by atoms with Gasteiger partial charge in [0.2, 0.25) is 0 Å². The van der Waals surface area contributed by atoms with E-state index in [2.05, 4.69) is 82.3 Å². The molecule has 2 aromatic heterocycles. The van der Waals surface area contributed by atoms with Crippen molar-refractivity contribution in [3.63, 3.8) is 0 Å². The first kappa shape index (κ1) is 35.4. The van der Waals surface area contributed by atoms with Crippen molar-refractivity contribution in [1.29, 1.82) is 0 Å². The molecule has 2 aromatic rings. The van der Waals surface area contributed by atoms with Gasteiger partial charge < -0.3 is 39.2 Å². The summed E-state index contributed by atoms with van der Waals surface area (Å²) in [6.45, 7) is 7.92. The smallest absolute Gasteiger partial charge is 0.138 e. The van der Waals surface area contributed by atoms with Crippen molar-refractivity contribution in [3.8, 4) is 5.75 Å². The number of hydrogen-bond acceptors (Lipinski definition) is 4. The molecule has 0 saturated carbocycles. The molecule has 0 N–H and O–H groups in total. The minimum atomic E-state index is 0. The zero-order valence-corrected chi connectivity index (χ0v) is 24.4. The van der Waals surface area contributed by atoms with Crippen molar-refractivity contribution in [3.05, 3.63) is 62.8 Å². The van der Waals surface area contributed by atoms with Gasteiger partial charge in [0.25, 0.3) is 0 Å². The standard InChI is InChI=1S/C8H11BrN2.C6H6BrNO.C2H4I.C2H5.2V/c1-11(2)6-7-3-8(9)5-10-4-7;1-9-6-2-5(7)3-8-4-6;1-2-3;1-2;;/h3-5H,6H2,1-2H3;2-4H,1H3;2H,1H3;1H2,2H3;;/q;;2*-1;;. The number of hydrogen-bond donors (Lipinski definition) is 0. The summed E-state index contributed by atoms with van der Waals surface area (Å²) in [6, 6.07) is 3.93. The average molecular weight is 689 g/mol. The van der Waals surface area contributed by atoms with Gasteiger partial charge >= 0.3 is 0 Å². The van der Waals surface area contributed by atoms with Gasteiger partial charge in [0, 0.05) is 71.2 Å². The summed E-state index contributed by atoms with van der Waals surface area (Å²) in [5.74, 6) is 0.768. The van der Waals surface area contributed by atoms with Crippen molar-refractivity contribution in [2.75, 3.05) is 21.2 Å². The minimum absolute atomic E-state index is 0. The molecule has 0 spiro atoms. The van der Waals surface area contributed by atoms with Gasteiger partial charge in [-0.3, -0.25) is 14.4 Å². The normalized spacial score (nSPS) is 8.22. The van der Waals surface area contributed by atoms with E-state index in [4.69, 9.17) is 4.74 Å². The van der Waals surface area contributed by atoms with Crippen LogP contribution in [0, 0.1) is 11.4 Å². The van der Waals surface area contributed by atoms with E-state index in [1.165, 1.54) is 5.56 Å². The Hall–Kier alpha value is 0.919. The maximum atomic E-state index is 4.90. The summed E-state index contributed by atoms with van der Waals surface area (Å²) < 4.78 is 8.84. The van der Waals surface area contributed by atoms with E-state index in [0.717, 1.165) is 21.2 Å². The molecule has 0 aliphatic heterocycles. The fraction of sp³-hybridized carbons (Fsp3) is 0.333. The van der Waals surface area contributed by atoms with Crippen LogP contribution in [0.5, 0.6) is 5.75 Å². The number of nitrogens with zero attached hydrogens (tertiary/aromatic N) is 3. The SMILES string of the molecule is CN(C)Cc1cncc(Br)c1.COc1cncc(Br)c1.C[CH-]I.[CH2-]C.[V].[V]. The number of pyridine rings is 2. The van der Waals surface area contributed by atoms with Crippen LogP contribution in [0.15, 0.2) is 45.9 Å². The first-order valence-corrected chi connectivity index (χ1v) is 10.2. The minimum Gasteiger partial charge on any atom is -0.495 e. The van der Waals surface area contributed by atoms with Crippen LogP contribution in [-0.4, -0.2) is 36.1 Å². The Morgan fingerprint density at radius 3 is 1.81 bits per heavy atom. The molecule has 0 fully saturated rings. The molecule has 27 heavy (non-hydrogen) atoms. The Balaban J connectivity index is -0.000000151. The predicted molar refractivity (Wildman–Crippen MR) is 123 cm³/mol. The Morgan fingerprint density at radius 1 is 1.04 bits per heavy atom. The van der Waals surface area contributed by atoms with Gasteiger partial charge in [0.1, 0.15) is 5.75 Å². The van der Waals surface area contributed by atoms with Gasteiger partial charge in [-0.05, 0) is 63.7 Å². The van der Waals surface area contributed by atoms with Crippen molar-refractivity contribution in [1.82, 2.24) is 14.9 Å². The van der Waals surface area contributed by atoms with E-state index in [0.29, 0.717) is 0 Å². The third kappa shape index (κ3) is 23.1. The molecule has 0 aromatic carbocycles. The maximum absolute atomic E-state index is 4.90. The van der Waals surface area contributed by atoms with Gasteiger partial charge in [-0.15, -0.1) is 0 Å². The van der Waals surface area contributed by atoms with Crippen molar-refractivity contribution >= 4 is 54.5 Å². The molecule has 0 atom stereocenters. The van der Waals surface area contributed by atoms with Crippen LogP contribution in [0.25, 0.3) is 0 Å². The van der Waals surface area contributed by atoms with Crippen LogP contribution in [0.1, 0.15) is 19.4 Å². The van der Waals surface area contributed by atoms with Crippen molar-refractivity contribution in [2.45, 2.75) is 20.4 Å². The zero-order valence-electron chi connectivity index (χ0n) is 16.2. The monoisotopic (exact) mass is 687 g/mol. The Labute approximate surface area is 219 Å². The fourth-order valence-electron chi connectivity index (χ4n) is 1.41. The second kappa shape index (κ2) is 25.0. The second-order valence-electron chi connectivity index (χ2n) is 4.51. The maximum Gasteiger partial charge on any atom is 0.138 e. The Kier molecular flexibility index (Phi) is 32.7. The number of halogens is 3. The van der Waals surface area contributed by atoms with Crippen LogP contribution in [0.2, 0.25) is 0 Å². The zero-order chi connectivity index (χ0) is 19.7. The third-order valence-corrected chi connectivity index (χ3v) is 3.04. The molecule has 9 heteroatoms. The molecule has 0 amide bonds. The van der Waals surface area contributed by atoms with E-state index in [1.54, 1.807) is 32.6 Å². The second-order valence-corrected chi connectivity index (χ2v) is 7.59. The third-order valence-electron chi connectivity index (χ3n) is 2.18. The summed E-state index contributed by atoms with van der Waals surface area (Å²) in [5.41, 5.74) is 1.23. The molecule has 4 nitrogen and oxygen atoms in total. The molecule has 2 rings (SSSR count). The molecule has 0 aliphatic carbocycles. The van der Waals surface area contributed by atoms with E-state index in [1.807, 2.05) is 37.7 Å². The van der Waals surface area contributed by atoms with Crippen molar-refractivity contribution < 1.29 is 41.8 Å². The first-order valence-electron chi connectivity index (χ1n) is 7.40. The van der Waals surface area contributed by atoms with Crippen molar-refractivity contribution in [2.24, 2.45) is 0 Å². The summed E-state index contributed by atoms with van der Waals surface area (Å²) in [5, 5.41) is 0. The van der Waals surface area contributed by atoms with Gasteiger partial charge in [-0.1, -0.05) is 0 Å². The number of methoxy groups -OCH3 is 1. The largest absolute Gasteiger partial charge is 0.495 e. The van der Waals surface area contributed by atoms with Gasteiger partial charge in [-0.2, -0.15) is 13.8 Å². The van der Waals surface area contributed by atoms with Gasteiger partial charge in [-0.25, -0.2) is 0 Å². The number of ether oxygens (including phenoxy) is 1. The molecular weight excluding hydrogens is 663 g/mol. The summed E-state index contributed by atoms with van der Waals surface area (Å²) in [7, 11) is 5.70. The number of aromatic nitrogens is 2. The van der Waals surface area contributed by atoms with Crippen LogP contribution in [0.3, 0.4) is 0 Å². The van der Waals surface area contributed by atoms with Crippen LogP contribution in [-0.2, 0) is 43.7 Å². The van der Waals surface area contributed by atoms with E-state index in [9.17, 15) is 0 Å². The average Bonchev–Trinajstić information content (AvgIpc) is 2.57. The molecular formula is C18H26Br2IN3OV2-2. The molecule has 0 unspecified atom stereocenters. The molecule has 0 bridgehead atoms. The predicted octanol–water partition coefficient (Wildman–Crippen LogP) is 6.20. The van der Waals surface area contributed by atoms with E-state index < -0.39 is 0 Å². The van der Waals surface area contributed by atoms with Crippen LogP contribution >= 0.6 is 54.5 Å². The van der Waals surface area contributed by atoms with Gasteiger partial charge in [0.05, 0.1) is 13.3 Å². The van der Waals surface area contributed by atoms with Crippen LogP contribution in [0.4, 0.5) is 0 Å². The molecule has 0 aliphatic rings. The van der Waals surface area contributed by atoms with Gasteiger partial charge in [0.15, 0.2) is 0 Å². The number of rotatable bonds is 3. The van der Waals surface area contributed by atoms with E-state index >= 15 is 0 Å². The van der Waals surface area contributed by atoms with E-state index in [-0.39, 0.29) is 37.1 Å². The Bertz CT molecular complexity index is 568.